The summed E-state index contributed by atoms with van der Waals surface area (Å²) in [6.07, 6.45) is 4.99. The molecule has 1 atom stereocenters. The fourth-order valence-corrected chi connectivity index (χ4v) is 4.98. The molecule has 1 aliphatic carbocycles. The number of halogens is 1. The summed E-state index contributed by atoms with van der Waals surface area (Å²) in [5.41, 5.74) is 2.16. The van der Waals surface area contributed by atoms with E-state index >= 15 is 0 Å². The third-order valence-electron chi connectivity index (χ3n) is 5.69. The van der Waals surface area contributed by atoms with Crippen LogP contribution in [0.15, 0.2) is 54.6 Å². The predicted molar refractivity (Wildman–Crippen MR) is 129 cm³/mol. The summed E-state index contributed by atoms with van der Waals surface area (Å²) in [7, 11) is 0. The Morgan fingerprint density at radius 2 is 1.74 bits per heavy atom. The fraction of sp³-hybridized carbons (Fsp3) is 0.440. The molecule has 1 saturated carbocycles. The zero-order valence-corrected chi connectivity index (χ0v) is 19.6. The molecule has 4 nitrogen and oxygen atoms in total. The van der Waals surface area contributed by atoms with Crippen LogP contribution in [0.3, 0.4) is 0 Å². The quantitative estimate of drug-likeness (QED) is 0.515. The van der Waals surface area contributed by atoms with Crippen LogP contribution in [0.25, 0.3) is 0 Å². The zero-order valence-electron chi connectivity index (χ0n) is 18.1. The molecule has 1 fully saturated rings. The van der Waals surface area contributed by atoms with Gasteiger partial charge in [-0.1, -0.05) is 73.8 Å². The van der Waals surface area contributed by atoms with Gasteiger partial charge in [0.15, 0.2) is 0 Å². The number of carbonyl (C=O) groups excluding carboxylic acids is 2. The Morgan fingerprint density at radius 3 is 2.39 bits per heavy atom. The highest BCUT2D eigenvalue weighted by molar-refractivity contribution is 7.99. The molecule has 0 aromatic heterocycles. The minimum atomic E-state index is -0.454. The van der Waals surface area contributed by atoms with E-state index in [1.807, 2.05) is 61.5 Å². The molecule has 0 bridgehead atoms. The predicted octanol–water partition coefficient (Wildman–Crippen LogP) is 5.44. The van der Waals surface area contributed by atoms with E-state index in [0.29, 0.717) is 23.7 Å². The lowest BCUT2D eigenvalue weighted by Gasteiger charge is -2.31. The smallest absolute Gasteiger partial charge is 0.243 e. The molecule has 31 heavy (non-hydrogen) atoms. The Hall–Kier alpha value is -1.98. The topological polar surface area (TPSA) is 49.4 Å². The molecular weight excluding hydrogens is 428 g/mol. The number of nitrogens with zero attached hydrogens (tertiary/aromatic N) is 1. The summed E-state index contributed by atoms with van der Waals surface area (Å²) in [6.45, 7) is 2.42. The van der Waals surface area contributed by atoms with Crippen LogP contribution in [-0.2, 0) is 21.9 Å². The van der Waals surface area contributed by atoms with Crippen molar-refractivity contribution in [2.75, 3.05) is 5.75 Å². The minimum absolute atomic E-state index is 0.00348. The number of nitrogens with one attached hydrogen (secondary N) is 1. The van der Waals surface area contributed by atoms with Crippen molar-refractivity contribution >= 4 is 35.2 Å². The van der Waals surface area contributed by atoms with Gasteiger partial charge in [0.05, 0.1) is 5.75 Å². The first-order valence-electron chi connectivity index (χ1n) is 11.0. The van der Waals surface area contributed by atoms with Crippen LogP contribution in [-0.4, -0.2) is 34.6 Å². The average molecular weight is 459 g/mol. The molecule has 0 aliphatic heterocycles. The van der Waals surface area contributed by atoms with Crippen LogP contribution >= 0.6 is 23.4 Å². The monoisotopic (exact) mass is 458 g/mol. The lowest BCUT2D eigenvalue weighted by molar-refractivity contribution is -0.139. The van der Waals surface area contributed by atoms with Crippen LogP contribution in [0.4, 0.5) is 0 Å². The number of hydrogen-bond donors (Lipinski definition) is 1. The Labute approximate surface area is 194 Å². The van der Waals surface area contributed by atoms with Gasteiger partial charge in [-0.25, -0.2) is 0 Å². The first-order chi connectivity index (χ1) is 15.1. The second-order valence-corrected chi connectivity index (χ2v) is 9.46. The molecule has 0 unspecified atom stereocenters. The Balaban J connectivity index is 1.66. The van der Waals surface area contributed by atoms with Crippen LogP contribution in [0, 0.1) is 0 Å². The van der Waals surface area contributed by atoms with E-state index in [1.54, 1.807) is 16.7 Å². The summed E-state index contributed by atoms with van der Waals surface area (Å²) in [6, 6.07) is 17.4. The van der Waals surface area contributed by atoms with Gasteiger partial charge in [-0.3, -0.25) is 9.59 Å². The van der Waals surface area contributed by atoms with E-state index in [4.69, 9.17) is 11.6 Å². The highest BCUT2D eigenvalue weighted by Crippen LogP contribution is 2.21. The van der Waals surface area contributed by atoms with Crippen LogP contribution < -0.4 is 5.32 Å². The lowest BCUT2D eigenvalue weighted by Crippen LogP contribution is -2.51. The molecular formula is C25H31ClN2O2S. The SMILES string of the molecule is CC[C@@H](C(=O)NC1CCCC1)N(Cc1ccccc1)C(=O)CSCc1ccc(Cl)cc1. The maximum Gasteiger partial charge on any atom is 0.243 e. The zero-order chi connectivity index (χ0) is 22.1. The van der Waals surface area contributed by atoms with E-state index in [9.17, 15) is 9.59 Å². The van der Waals surface area contributed by atoms with Gasteiger partial charge in [0.25, 0.3) is 0 Å². The normalized spacial score (nSPS) is 14.9. The molecule has 1 aliphatic rings. The third kappa shape index (κ3) is 7.29. The van der Waals surface area contributed by atoms with E-state index < -0.39 is 6.04 Å². The number of rotatable bonds is 10. The molecule has 166 valence electrons. The van der Waals surface area contributed by atoms with Gasteiger partial charge >= 0.3 is 0 Å². The van der Waals surface area contributed by atoms with E-state index in [0.717, 1.165) is 42.6 Å². The largest absolute Gasteiger partial charge is 0.352 e. The maximum absolute atomic E-state index is 13.2. The summed E-state index contributed by atoms with van der Waals surface area (Å²) in [5.74, 6) is 1.04. The van der Waals surface area contributed by atoms with Crippen LogP contribution in [0.1, 0.15) is 50.2 Å². The highest BCUT2D eigenvalue weighted by Gasteiger charge is 2.30. The highest BCUT2D eigenvalue weighted by atomic mass is 35.5. The van der Waals surface area contributed by atoms with Gasteiger partial charge in [-0.05, 0) is 42.5 Å². The molecule has 2 aromatic carbocycles. The van der Waals surface area contributed by atoms with Gasteiger partial charge in [-0.2, -0.15) is 0 Å². The first kappa shape index (κ1) is 23.7. The van der Waals surface area contributed by atoms with Crippen LogP contribution in [0.2, 0.25) is 5.02 Å². The van der Waals surface area contributed by atoms with Crippen molar-refractivity contribution in [3.63, 3.8) is 0 Å². The van der Waals surface area contributed by atoms with Gasteiger partial charge in [0, 0.05) is 23.4 Å². The van der Waals surface area contributed by atoms with Gasteiger partial charge < -0.3 is 10.2 Å². The number of thioether (sulfide) groups is 1. The van der Waals surface area contributed by atoms with Crippen molar-refractivity contribution in [2.45, 2.75) is 63.4 Å². The molecule has 0 spiro atoms. The molecule has 2 amide bonds. The summed E-state index contributed by atoms with van der Waals surface area (Å²) < 4.78 is 0. The molecule has 6 heteroatoms. The summed E-state index contributed by atoms with van der Waals surface area (Å²) >= 11 is 7.52. The minimum Gasteiger partial charge on any atom is -0.352 e. The van der Waals surface area contributed by atoms with Crippen molar-refractivity contribution in [2.24, 2.45) is 0 Å². The Bertz CT molecular complexity index is 838. The second-order valence-electron chi connectivity index (χ2n) is 8.04. The van der Waals surface area contributed by atoms with Crippen molar-refractivity contribution in [1.82, 2.24) is 10.2 Å². The average Bonchev–Trinajstić information content (AvgIpc) is 3.28. The number of benzene rings is 2. The Kier molecular flexibility index (Phi) is 9.29. The van der Waals surface area contributed by atoms with Crippen LogP contribution in [0.5, 0.6) is 0 Å². The van der Waals surface area contributed by atoms with E-state index in [-0.39, 0.29) is 17.9 Å². The number of carbonyl (C=O) groups is 2. The summed E-state index contributed by atoms with van der Waals surface area (Å²) in [4.78, 5) is 28.1. The standard InChI is InChI=1S/C25H31ClN2O2S/c1-2-23(25(30)27-22-10-6-7-11-22)28(16-19-8-4-3-5-9-19)24(29)18-31-17-20-12-14-21(26)15-13-20/h3-5,8-9,12-15,22-23H,2,6-7,10-11,16-18H2,1H3,(H,27,30)/t23-/m0/s1. The third-order valence-corrected chi connectivity index (χ3v) is 6.93. The van der Waals surface area contributed by atoms with Gasteiger partial charge in [-0.15, -0.1) is 11.8 Å². The fourth-order valence-electron chi connectivity index (χ4n) is 3.99. The lowest BCUT2D eigenvalue weighted by atomic mass is 10.1. The number of amides is 2. The molecule has 0 heterocycles. The van der Waals surface area contributed by atoms with E-state index in [1.165, 1.54) is 0 Å². The van der Waals surface area contributed by atoms with Crippen molar-refractivity contribution in [3.05, 3.63) is 70.7 Å². The number of hydrogen-bond acceptors (Lipinski definition) is 3. The van der Waals surface area contributed by atoms with Crippen molar-refractivity contribution in [1.29, 1.82) is 0 Å². The molecule has 1 N–H and O–H groups in total. The van der Waals surface area contributed by atoms with Gasteiger partial charge in [0.1, 0.15) is 6.04 Å². The molecule has 3 rings (SSSR count). The van der Waals surface area contributed by atoms with Crippen molar-refractivity contribution < 1.29 is 9.59 Å². The first-order valence-corrected chi connectivity index (χ1v) is 12.6. The Morgan fingerprint density at radius 1 is 1.06 bits per heavy atom. The van der Waals surface area contributed by atoms with Crippen molar-refractivity contribution in [3.8, 4) is 0 Å². The molecule has 0 radical (unpaired) electrons. The maximum atomic E-state index is 13.2. The van der Waals surface area contributed by atoms with Gasteiger partial charge in [0.2, 0.25) is 11.8 Å². The van der Waals surface area contributed by atoms with E-state index in [2.05, 4.69) is 5.32 Å². The second kappa shape index (κ2) is 12.2. The molecule has 2 aromatic rings. The summed E-state index contributed by atoms with van der Waals surface area (Å²) in [5, 5.41) is 3.89. The molecule has 0 saturated heterocycles.